The van der Waals surface area contributed by atoms with E-state index < -0.39 is 12.3 Å². The Bertz CT molecular complexity index is 408. The standard InChI is InChI=1S/C8H9NO6/c1-3-5(14-7(10)11)4(2)9-6(3)15-8(12)13/h9H,1-2H3,(H,10,11)(H,12,13). The Morgan fingerprint density at radius 3 is 2.13 bits per heavy atom. The highest BCUT2D eigenvalue weighted by molar-refractivity contribution is 5.66. The van der Waals surface area contributed by atoms with Crippen LogP contribution in [-0.4, -0.2) is 27.5 Å². The molecular weight excluding hydrogens is 206 g/mol. The third-order valence-corrected chi connectivity index (χ3v) is 1.70. The molecule has 0 radical (unpaired) electrons. The first kappa shape index (κ1) is 10.9. The van der Waals surface area contributed by atoms with E-state index in [1.54, 1.807) is 6.92 Å². The molecule has 15 heavy (non-hydrogen) atoms. The quantitative estimate of drug-likeness (QED) is 0.648. The molecule has 1 aromatic heterocycles. The number of ether oxygens (including phenoxy) is 2. The Morgan fingerprint density at radius 1 is 1.13 bits per heavy atom. The van der Waals surface area contributed by atoms with E-state index in [0.717, 1.165) is 0 Å². The number of rotatable bonds is 2. The van der Waals surface area contributed by atoms with Crippen molar-refractivity contribution >= 4 is 12.3 Å². The Kier molecular flexibility index (Phi) is 2.84. The number of carbonyl (C=O) groups is 2. The van der Waals surface area contributed by atoms with Crippen molar-refractivity contribution in [3.05, 3.63) is 11.3 Å². The summed E-state index contributed by atoms with van der Waals surface area (Å²) >= 11 is 0. The maximum atomic E-state index is 10.3. The van der Waals surface area contributed by atoms with E-state index in [1.807, 2.05) is 0 Å². The molecule has 0 atom stereocenters. The molecule has 0 fully saturated rings. The SMILES string of the molecule is Cc1[nH]c(OC(=O)O)c(C)c1OC(=O)O. The van der Waals surface area contributed by atoms with Crippen LogP contribution < -0.4 is 9.47 Å². The van der Waals surface area contributed by atoms with Crippen molar-refractivity contribution in [1.29, 1.82) is 0 Å². The lowest BCUT2D eigenvalue weighted by molar-refractivity contribution is 0.142. The van der Waals surface area contributed by atoms with Crippen LogP contribution in [0.1, 0.15) is 11.3 Å². The van der Waals surface area contributed by atoms with Gasteiger partial charge in [-0.25, -0.2) is 9.59 Å². The van der Waals surface area contributed by atoms with Crippen molar-refractivity contribution in [2.75, 3.05) is 0 Å². The van der Waals surface area contributed by atoms with Gasteiger partial charge in [-0.1, -0.05) is 0 Å². The van der Waals surface area contributed by atoms with Crippen LogP contribution in [0.5, 0.6) is 11.6 Å². The van der Waals surface area contributed by atoms with E-state index in [4.69, 9.17) is 10.2 Å². The number of hydrogen-bond acceptors (Lipinski definition) is 4. The van der Waals surface area contributed by atoms with Crippen molar-refractivity contribution < 1.29 is 29.3 Å². The monoisotopic (exact) mass is 215 g/mol. The summed E-state index contributed by atoms with van der Waals surface area (Å²) in [6.07, 6.45) is -2.96. The summed E-state index contributed by atoms with van der Waals surface area (Å²) < 4.78 is 8.83. The van der Waals surface area contributed by atoms with Gasteiger partial charge in [-0.15, -0.1) is 0 Å². The van der Waals surface area contributed by atoms with E-state index in [1.165, 1.54) is 6.92 Å². The van der Waals surface area contributed by atoms with Crippen LogP contribution in [-0.2, 0) is 0 Å². The average Bonchev–Trinajstić information content (AvgIpc) is 2.31. The first-order valence-electron chi connectivity index (χ1n) is 3.92. The van der Waals surface area contributed by atoms with Gasteiger partial charge in [-0.05, 0) is 13.8 Å². The van der Waals surface area contributed by atoms with Crippen LogP contribution in [0.25, 0.3) is 0 Å². The number of hydrogen-bond donors (Lipinski definition) is 3. The van der Waals surface area contributed by atoms with Crippen molar-refractivity contribution in [3.8, 4) is 11.6 Å². The number of aromatic amines is 1. The molecule has 1 aromatic rings. The van der Waals surface area contributed by atoms with Gasteiger partial charge in [0.05, 0.1) is 11.3 Å². The Hall–Kier alpha value is -2.18. The van der Waals surface area contributed by atoms with E-state index in [0.29, 0.717) is 5.69 Å². The summed E-state index contributed by atoms with van der Waals surface area (Å²) in [6.45, 7) is 3.03. The molecule has 1 heterocycles. The van der Waals surface area contributed by atoms with Crippen LogP contribution in [0, 0.1) is 13.8 Å². The molecular formula is C8H9NO6. The van der Waals surface area contributed by atoms with Gasteiger partial charge in [0.2, 0.25) is 5.88 Å². The fourth-order valence-electron chi connectivity index (χ4n) is 1.13. The van der Waals surface area contributed by atoms with Crippen LogP contribution >= 0.6 is 0 Å². The highest BCUT2D eigenvalue weighted by Gasteiger charge is 2.18. The molecule has 7 heteroatoms. The zero-order valence-electron chi connectivity index (χ0n) is 8.03. The number of nitrogens with one attached hydrogen (secondary N) is 1. The number of aromatic nitrogens is 1. The summed E-state index contributed by atoms with van der Waals surface area (Å²) in [5.74, 6) is 0.00926. The van der Waals surface area contributed by atoms with E-state index in [-0.39, 0.29) is 17.2 Å². The fraction of sp³-hybridized carbons (Fsp3) is 0.250. The van der Waals surface area contributed by atoms with E-state index in [9.17, 15) is 9.59 Å². The van der Waals surface area contributed by atoms with E-state index in [2.05, 4.69) is 14.5 Å². The number of H-pyrrole nitrogens is 1. The molecule has 0 saturated carbocycles. The second-order valence-electron chi connectivity index (χ2n) is 2.77. The van der Waals surface area contributed by atoms with Crippen LogP contribution in [0.15, 0.2) is 0 Å². The minimum atomic E-state index is -1.48. The maximum Gasteiger partial charge on any atom is 0.512 e. The van der Waals surface area contributed by atoms with Crippen molar-refractivity contribution in [2.24, 2.45) is 0 Å². The lowest BCUT2D eigenvalue weighted by atomic mass is 10.3. The first-order chi connectivity index (χ1) is 6.91. The Labute approximate surface area is 84.2 Å². The van der Waals surface area contributed by atoms with Gasteiger partial charge < -0.3 is 24.7 Å². The molecule has 0 bridgehead atoms. The van der Waals surface area contributed by atoms with Gasteiger partial charge in [0.15, 0.2) is 5.75 Å². The van der Waals surface area contributed by atoms with Crippen LogP contribution in [0.4, 0.5) is 9.59 Å². The first-order valence-corrected chi connectivity index (χ1v) is 3.92. The van der Waals surface area contributed by atoms with Crippen LogP contribution in [0.2, 0.25) is 0 Å². The smallest absolute Gasteiger partial charge is 0.449 e. The zero-order chi connectivity index (χ0) is 11.6. The highest BCUT2D eigenvalue weighted by atomic mass is 16.7. The summed E-state index contributed by atoms with van der Waals surface area (Å²) in [5.41, 5.74) is 0.670. The number of carboxylic acid groups (broad SMARTS) is 2. The molecule has 0 aliphatic rings. The van der Waals surface area contributed by atoms with Crippen molar-refractivity contribution in [2.45, 2.75) is 13.8 Å². The normalized spacial score (nSPS) is 9.73. The lowest BCUT2D eigenvalue weighted by Crippen LogP contribution is -2.05. The number of aryl methyl sites for hydroxylation is 1. The second kappa shape index (κ2) is 3.91. The van der Waals surface area contributed by atoms with E-state index >= 15 is 0 Å². The third-order valence-electron chi connectivity index (χ3n) is 1.70. The third kappa shape index (κ3) is 2.39. The predicted octanol–water partition coefficient (Wildman–Crippen LogP) is 1.75. The average molecular weight is 215 g/mol. The maximum absolute atomic E-state index is 10.3. The zero-order valence-corrected chi connectivity index (χ0v) is 8.03. The Morgan fingerprint density at radius 2 is 1.67 bits per heavy atom. The highest BCUT2D eigenvalue weighted by Crippen LogP contribution is 2.31. The van der Waals surface area contributed by atoms with Gasteiger partial charge in [-0.3, -0.25) is 0 Å². The van der Waals surface area contributed by atoms with Gasteiger partial charge in [0, 0.05) is 0 Å². The molecule has 0 saturated heterocycles. The molecule has 0 spiro atoms. The summed E-state index contributed by atoms with van der Waals surface area (Å²) in [7, 11) is 0. The minimum absolute atomic E-state index is 0.0451. The van der Waals surface area contributed by atoms with Gasteiger partial charge in [0.25, 0.3) is 0 Å². The largest absolute Gasteiger partial charge is 0.512 e. The molecule has 0 aromatic carbocycles. The molecule has 0 aliphatic heterocycles. The molecule has 0 amide bonds. The molecule has 0 aliphatic carbocycles. The molecule has 3 N–H and O–H groups in total. The lowest BCUT2D eigenvalue weighted by Gasteiger charge is -1.99. The molecule has 0 unspecified atom stereocenters. The molecule has 82 valence electrons. The fourth-order valence-corrected chi connectivity index (χ4v) is 1.13. The summed E-state index contributed by atoms with van der Waals surface area (Å²) in [6, 6.07) is 0. The topological polar surface area (TPSA) is 109 Å². The van der Waals surface area contributed by atoms with Gasteiger partial charge >= 0.3 is 12.3 Å². The molecule has 1 rings (SSSR count). The molecule has 7 nitrogen and oxygen atoms in total. The Balaban J connectivity index is 3.03. The van der Waals surface area contributed by atoms with Crippen molar-refractivity contribution in [1.82, 2.24) is 4.98 Å². The summed E-state index contributed by atoms with van der Waals surface area (Å²) in [5, 5.41) is 16.8. The van der Waals surface area contributed by atoms with Crippen molar-refractivity contribution in [3.63, 3.8) is 0 Å². The van der Waals surface area contributed by atoms with Gasteiger partial charge in [0.1, 0.15) is 0 Å². The predicted molar refractivity (Wildman–Crippen MR) is 47.6 cm³/mol. The minimum Gasteiger partial charge on any atom is -0.449 e. The summed E-state index contributed by atoms with van der Waals surface area (Å²) in [4.78, 5) is 23.1. The van der Waals surface area contributed by atoms with Gasteiger partial charge in [-0.2, -0.15) is 0 Å². The van der Waals surface area contributed by atoms with Crippen LogP contribution in [0.3, 0.4) is 0 Å². The second-order valence-corrected chi connectivity index (χ2v) is 2.77.